The molecule has 0 spiro atoms. The molecule has 2 heterocycles. The lowest BCUT2D eigenvalue weighted by Gasteiger charge is -2.34. The van der Waals surface area contributed by atoms with E-state index in [1.165, 1.54) is 4.31 Å². The van der Waals surface area contributed by atoms with Gasteiger partial charge in [0.25, 0.3) is 0 Å². The van der Waals surface area contributed by atoms with E-state index in [2.05, 4.69) is 5.32 Å². The number of rotatable bonds is 3. The average molecular weight is 310 g/mol. The largest absolute Gasteiger partial charge is 0.313 e. The van der Waals surface area contributed by atoms with E-state index < -0.39 is 25.9 Å². The summed E-state index contributed by atoms with van der Waals surface area (Å²) in [7, 11) is -6.46. The van der Waals surface area contributed by atoms with Crippen molar-refractivity contribution in [3.8, 4) is 0 Å². The zero-order valence-electron chi connectivity index (χ0n) is 11.2. The Morgan fingerprint density at radius 1 is 1.32 bits per heavy atom. The van der Waals surface area contributed by atoms with Crippen molar-refractivity contribution < 1.29 is 16.8 Å². The fraction of sp³-hybridized carbons (Fsp3) is 1.00. The smallest absolute Gasteiger partial charge is 0.215 e. The van der Waals surface area contributed by atoms with E-state index in [0.29, 0.717) is 0 Å². The van der Waals surface area contributed by atoms with Crippen molar-refractivity contribution in [2.24, 2.45) is 0 Å². The normalized spacial score (nSPS) is 33.1. The highest BCUT2D eigenvalue weighted by molar-refractivity contribution is 7.92. The Hall–Kier alpha value is -0.180. The van der Waals surface area contributed by atoms with Gasteiger partial charge >= 0.3 is 0 Å². The van der Waals surface area contributed by atoms with Gasteiger partial charge in [0.2, 0.25) is 10.0 Å². The van der Waals surface area contributed by atoms with Gasteiger partial charge < -0.3 is 5.32 Å². The van der Waals surface area contributed by atoms with Gasteiger partial charge in [-0.15, -0.1) is 0 Å². The summed E-state index contributed by atoms with van der Waals surface area (Å²) in [6.07, 6.45) is 3.02. The minimum absolute atomic E-state index is 0.00415. The summed E-state index contributed by atoms with van der Waals surface area (Å²) >= 11 is 0. The van der Waals surface area contributed by atoms with Gasteiger partial charge in [-0.1, -0.05) is 6.42 Å². The molecule has 0 aromatic carbocycles. The predicted molar refractivity (Wildman–Crippen MR) is 74.3 cm³/mol. The second-order valence-corrected chi connectivity index (χ2v) is 9.69. The first-order valence-corrected chi connectivity index (χ1v) is 10.2. The standard InChI is InChI=1S/C11H22N2O4S2/c1-10-8-18(14,15)7-6-13(10)19(16,17)9-11-4-2-3-5-12-11/h10-12H,2-9H2,1H3. The number of hydrogen-bond donors (Lipinski definition) is 1. The van der Waals surface area contributed by atoms with Crippen LogP contribution in [0.3, 0.4) is 0 Å². The molecule has 2 fully saturated rings. The summed E-state index contributed by atoms with van der Waals surface area (Å²) in [5.74, 6) is -0.0453. The molecule has 0 aromatic heterocycles. The van der Waals surface area contributed by atoms with Gasteiger partial charge in [-0.05, 0) is 26.3 Å². The zero-order chi connectivity index (χ0) is 14.1. The number of piperidine rings is 1. The summed E-state index contributed by atoms with van der Waals surface area (Å²) in [4.78, 5) is 0. The monoisotopic (exact) mass is 310 g/mol. The third kappa shape index (κ3) is 3.90. The second kappa shape index (κ2) is 5.67. The SMILES string of the molecule is CC1CS(=O)(=O)CCN1S(=O)(=O)CC1CCCCN1. The number of nitrogens with zero attached hydrogens (tertiary/aromatic N) is 1. The maximum atomic E-state index is 12.4. The van der Waals surface area contributed by atoms with Gasteiger partial charge in [0.1, 0.15) is 0 Å². The molecule has 2 rings (SSSR count). The second-order valence-electron chi connectivity index (χ2n) is 5.50. The van der Waals surface area contributed by atoms with Crippen LogP contribution in [0.1, 0.15) is 26.2 Å². The highest BCUT2D eigenvalue weighted by atomic mass is 32.2. The molecule has 0 aromatic rings. The van der Waals surface area contributed by atoms with Crippen molar-refractivity contribution in [3.63, 3.8) is 0 Å². The molecule has 2 saturated heterocycles. The Labute approximate surface area is 115 Å². The van der Waals surface area contributed by atoms with E-state index in [4.69, 9.17) is 0 Å². The zero-order valence-corrected chi connectivity index (χ0v) is 12.8. The first-order chi connectivity index (χ1) is 8.80. The average Bonchev–Trinajstić information content (AvgIpc) is 2.27. The molecular weight excluding hydrogens is 288 g/mol. The van der Waals surface area contributed by atoms with Crippen LogP contribution >= 0.6 is 0 Å². The Morgan fingerprint density at radius 2 is 2.05 bits per heavy atom. The van der Waals surface area contributed by atoms with Crippen molar-refractivity contribution in [3.05, 3.63) is 0 Å². The third-order valence-corrected chi connectivity index (χ3v) is 7.67. The summed E-state index contributed by atoms with van der Waals surface area (Å²) < 4.78 is 49.1. The van der Waals surface area contributed by atoms with Gasteiger partial charge in [0.15, 0.2) is 9.84 Å². The summed E-state index contributed by atoms with van der Waals surface area (Å²) in [6.45, 7) is 2.63. The Balaban J connectivity index is 2.03. The fourth-order valence-corrected chi connectivity index (χ4v) is 6.56. The molecule has 2 unspecified atom stereocenters. The lowest BCUT2D eigenvalue weighted by Crippen LogP contribution is -2.52. The number of hydrogen-bond acceptors (Lipinski definition) is 5. The highest BCUT2D eigenvalue weighted by Gasteiger charge is 2.36. The highest BCUT2D eigenvalue weighted by Crippen LogP contribution is 2.18. The molecule has 112 valence electrons. The molecule has 0 bridgehead atoms. The van der Waals surface area contributed by atoms with E-state index in [-0.39, 0.29) is 29.8 Å². The summed E-state index contributed by atoms with van der Waals surface area (Å²) in [6, 6.07) is -0.447. The van der Waals surface area contributed by atoms with Crippen LogP contribution in [0, 0.1) is 0 Å². The molecule has 0 radical (unpaired) electrons. The fourth-order valence-electron chi connectivity index (χ4n) is 2.81. The molecule has 19 heavy (non-hydrogen) atoms. The number of sulfone groups is 1. The van der Waals surface area contributed by atoms with Crippen LogP contribution in [-0.4, -0.2) is 63.6 Å². The Bertz CT molecular complexity index is 509. The van der Waals surface area contributed by atoms with Crippen molar-refractivity contribution in [1.82, 2.24) is 9.62 Å². The molecule has 2 atom stereocenters. The van der Waals surface area contributed by atoms with Crippen LogP contribution in [0.25, 0.3) is 0 Å². The van der Waals surface area contributed by atoms with Crippen molar-refractivity contribution >= 4 is 19.9 Å². The molecule has 0 aliphatic carbocycles. The van der Waals surface area contributed by atoms with Crippen LogP contribution in [0.15, 0.2) is 0 Å². The topological polar surface area (TPSA) is 83.6 Å². The van der Waals surface area contributed by atoms with E-state index in [0.717, 1.165) is 25.8 Å². The quantitative estimate of drug-likeness (QED) is 0.765. The van der Waals surface area contributed by atoms with E-state index in [1.807, 2.05) is 0 Å². The first kappa shape index (κ1) is 15.2. The molecule has 1 N–H and O–H groups in total. The molecule has 6 nitrogen and oxygen atoms in total. The van der Waals surface area contributed by atoms with Gasteiger partial charge in [0, 0.05) is 18.6 Å². The maximum Gasteiger partial charge on any atom is 0.215 e. The van der Waals surface area contributed by atoms with E-state index in [1.54, 1.807) is 6.92 Å². The lowest BCUT2D eigenvalue weighted by atomic mass is 10.1. The number of nitrogens with one attached hydrogen (secondary N) is 1. The molecule has 2 aliphatic rings. The third-order valence-electron chi connectivity index (χ3n) is 3.79. The summed E-state index contributed by atoms with van der Waals surface area (Å²) in [5.41, 5.74) is 0. The minimum Gasteiger partial charge on any atom is -0.313 e. The molecule has 2 aliphatic heterocycles. The molecular formula is C11H22N2O4S2. The van der Waals surface area contributed by atoms with Gasteiger partial charge in [0.05, 0.1) is 17.3 Å². The summed E-state index contributed by atoms with van der Waals surface area (Å²) in [5, 5.41) is 3.22. The van der Waals surface area contributed by atoms with Crippen LogP contribution in [0.2, 0.25) is 0 Å². The molecule has 0 saturated carbocycles. The first-order valence-electron chi connectivity index (χ1n) is 6.73. The van der Waals surface area contributed by atoms with E-state index in [9.17, 15) is 16.8 Å². The Kier molecular flexibility index (Phi) is 4.54. The number of sulfonamides is 1. The minimum atomic E-state index is -3.38. The van der Waals surface area contributed by atoms with Crippen molar-refractivity contribution in [1.29, 1.82) is 0 Å². The van der Waals surface area contributed by atoms with Gasteiger partial charge in [-0.25, -0.2) is 16.8 Å². The predicted octanol–water partition coefficient (Wildman–Crippen LogP) is -0.423. The van der Waals surface area contributed by atoms with Crippen LogP contribution in [0.5, 0.6) is 0 Å². The lowest BCUT2D eigenvalue weighted by molar-refractivity contribution is 0.348. The van der Waals surface area contributed by atoms with Gasteiger partial charge in [-0.2, -0.15) is 4.31 Å². The van der Waals surface area contributed by atoms with E-state index >= 15 is 0 Å². The molecule has 8 heteroatoms. The van der Waals surface area contributed by atoms with Crippen LogP contribution < -0.4 is 5.32 Å². The Morgan fingerprint density at radius 3 is 2.63 bits per heavy atom. The van der Waals surface area contributed by atoms with Gasteiger partial charge in [-0.3, -0.25) is 0 Å². The van der Waals surface area contributed by atoms with Crippen LogP contribution in [0.4, 0.5) is 0 Å². The van der Waals surface area contributed by atoms with Crippen molar-refractivity contribution in [2.45, 2.75) is 38.3 Å². The molecule has 0 amide bonds. The van der Waals surface area contributed by atoms with Crippen molar-refractivity contribution in [2.75, 3.05) is 30.3 Å². The maximum absolute atomic E-state index is 12.4. The van der Waals surface area contributed by atoms with Crippen LogP contribution in [-0.2, 0) is 19.9 Å².